The highest BCUT2D eigenvalue weighted by Gasteiger charge is 2.35. The minimum atomic E-state index is -0.788. The molecule has 0 spiro atoms. The van der Waals surface area contributed by atoms with E-state index in [0.29, 0.717) is 49.3 Å². The first-order valence-corrected chi connectivity index (χ1v) is 15.2. The molecule has 1 aliphatic rings. The van der Waals surface area contributed by atoms with Crippen LogP contribution in [0.5, 0.6) is 11.5 Å². The monoisotopic (exact) mass is 666 g/mol. The van der Waals surface area contributed by atoms with Crippen molar-refractivity contribution in [1.82, 2.24) is 4.57 Å². The van der Waals surface area contributed by atoms with Gasteiger partial charge < -0.3 is 14.2 Å². The predicted octanol–water partition coefficient (Wildman–Crippen LogP) is 6.19. The van der Waals surface area contributed by atoms with Crippen LogP contribution in [0.1, 0.15) is 43.5 Å². The number of carbonyl (C=O) groups is 1. The van der Waals surface area contributed by atoms with Crippen molar-refractivity contribution in [2.24, 2.45) is 4.99 Å². The highest BCUT2D eigenvalue weighted by Crippen LogP contribution is 2.37. The van der Waals surface area contributed by atoms with Gasteiger partial charge in [0.05, 0.1) is 29.0 Å². The minimum Gasteiger partial charge on any atom is -0.496 e. The molecule has 42 heavy (non-hydrogen) atoms. The van der Waals surface area contributed by atoms with Crippen LogP contribution in [-0.2, 0) is 16.1 Å². The number of fused-ring (bicyclic) bond motifs is 1. The number of thiazole rings is 1. The van der Waals surface area contributed by atoms with Crippen LogP contribution in [0.4, 0.5) is 0 Å². The van der Waals surface area contributed by atoms with Crippen LogP contribution in [0.15, 0.2) is 92.3 Å². The number of nitrogens with zero attached hydrogens (tertiary/aromatic N) is 2. The number of benzene rings is 3. The Morgan fingerprint density at radius 1 is 1.14 bits per heavy atom. The minimum absolute atomic E-state index is 0.269. The van der Waals surface area contributed by atoms with Gasteiger partial charge in [-0.1, -0.05) is 63.1 Å². The quantitative estimate of drug-likeness (QED) is 0.210. The number of carbonyl (C=O) groups excluding carboxylic acids is 1. The van der Waals surface area contributed by atoms with Crippen LogP contribution in [-0.4, -0.2) is 23.8 Å². The lowest BCUT2D eigenvalue weighted by Gasteiger charge is -2.26. The highest BCUT2D eigenvalue weighted by molar-refractivity contribution is 9.10. The summed E-state index contributed by atoms with van der Waals surface area (Å²) < 4.78 is 19.9. The number of halogens is 2. The van der Waals surface area contributed by atoms with Crippen LogP contribution in [0.25, 0.3) is 6.08 Å². The number of aromatic nitrogens is 1. The van der Waals surface area contributed by atoms with Crippen LogP contribution in [0, 0.1) is 0 Å². The SMILES string of the molecule is COc1ccc(Br)cc1[C@H]1C(C(=O)OC(C)C)=C(C)N=c2s/c(=C\c3ccc(OCc4cccc(Cl)c4)cc3)c(=O)n21. The van der Waals surface area contributed by atoms with Gasteiger partial charge in [-0.05, 0) is 80.4 Å². The van der Waals surface area contributed by atoms with Crippen LogP contribution in [0.3, 0.4) is 0 Å². The lowest BCUT2D eigenvalue weighted by atomic mass is 9.95. The van der Waals surface area contributed by atoms with Crippen molar-refractivity contribution in [2.75, 3.05) is 7.11 Å². The average molecular weight is 668 g/mol. The van der Waals surface area contributed by atoms with Gasteiger partial charge in [0.1, 0.15) is 24.1 Å². The first-order chi connectivity index (χ1) is 20.1. The van der Waals surface area contributed by atoms with Gasteiger partial charge >= 0.3 is 5.97 Å². The molecule has 0 aliphatic carbocycles. The summed E-state index contributed by atoms with van der Waals surface area (Å²) in [6.45, 7) is 5.71. The van der Waals surface area contributed by atoms with Crippen molar-refractivity contribution in [3.05, 3.63) is 124 Å². The fourth-order valence-electron chi connectivity index (χ4n) is 4.68. The second-order valence-corrected chi connectivity index (χ2v) is 12.3. The maximum atomic E-state index is 14.0. The Labute approximate surface area is 260 Å². The van der Waals surface area contributed by atoms with E-state index < -0.39 is 12.0 Å². The van der Waals surface area contributed by atoms with Gasteiger partial charge in [-0.3, -0.25) is 9.36 Å². The van der Waals surface area contributed by atoms with Crippen molar-refractivity contribution in [3.8, 4) is 11.5 Å². The first kappa shape index (κ1) is 29.8. The maximum absolute atomic E-state index is 14.0. The molecule has 0 bridgehead atoms. The van der Waals surface area contributed by atoms with Crippen molar-refractivity contribution in [2.45, 2.75) is 39.5 Å². The third-order valence-electron chi connectivity index (χ3n) is 6.54. The summed E-state index contributed by atoms with van der Waals surface area (Å²) in [6, 6.07) is 19.7. The number of allylic oxidation sites excluding steroid dienone is 1. The van der Waals surface area contributed by atoms with E-state index in [1.807, 2.05) is 66.7 Å². The molecular formula is C32H28BrClN2O5S. The van der Waals surface area contributed by atoms with Gasteiger partial charge in [0, 0.05) is 15.1 Å². The third kappa shape index (κ3) is 6.38. The van der Waals surface area contributed by atoms with Crippen molar-refractivity contribution < 1.29 is 19.0 Å². The number of rotatable bonds is 8. The molecule has 3 aromatic carbocycles. The summed E-state index contributed by atoms with van der Waals surface area (Å²) in [7, 11) is 1.56. The zero-order valence-corrected chi connectivity index (χ0v) is 26.5. The number of hydrogen-bond donors (Lipinski definition) is 0. The smallest absolute Gasteiger partial charge is 0.338 e. The topological polar surface area (TPSA) is 79.1 Å². The van der Waals surface area contributed by atoms with E-state index in [2.05, 4.69) is 20.9 Å². The van der Waals surface area contributed by atoms with Gasteiger partial charge in [-0.25, -0.2) is 9.79 Å². The molecule has 1 aromatic heterocycles. The molecule has 2 heterocycles. The fourth-order valence-corrected chi connectivity index (χ4v) is 6.32. The Hall–Kier alpha value is -3.66. The normalized spacial score (nSPS) is 14.9. The zero-order valence-electron chi connectivity index (χ0n) is 23.4. The summed E-state index contributed by atoms with van der Waals surface area (Å²) in [5, 5.41) is 0.660. The molecule has 7 nitrogen and oxygen atoms in total. The van der Waals surface area contributed by atoms with E-state index in [1.54, 1.807) is 38.5 Å². The second kappa shape index (κ2) is 12.7. The Bertz CT molecular complexity index is 1860. The van der Waals surface area contributed by atoms with Gasteiger partial charge in [-0.2, -0.15) is 0 Å². The van der Waals surface area contributed by atoms with E-state index in [4.69, 9.17) is 25.8 Å². The van der Waals surface area contributed by atoms with Gasteiger partial charge in [0.25, 0.3) is 5.56 Å². The molecule has 0 fully saturated rings. The Kier molecular flexibility index (Phi) is 9.01. The highest BCUT2D eigenvalue weighted by atomic mass is 79.9. The molecule has 4 aromatic rings. The van der Waals surface area contributed by atoms with Gasteiger partial charge in [0.15, 0.2) is 4.80 Å². The summed E-state index contributed by atoms with van der Waals surface area (Å²) in [5.74, 6) is 0.705. The molecule has 0 N–H and O–H groups in total. The lowest BCUT2D eigenvalue weighted by molar-refractivity contribution is -0.143. The summed E-state index contributed by atoms with van der Waals surface area (Å²) in [4.78, 5) is 32.5. The van der Waals surface area contributed by atoms with Gasteiger partial charge in [-0.15, -0.1) is 0 Å². The average Bonchev–Trinajstić information content (AvgIpc) is 3.25. The molecule has 1 atom stereocenters. The molecule has 5 rings (SSSR count). The number of methoxy groups -OCH3 is 1. The molecule has 1 aliphatic heterocycles. The van der Waals surface area contributed by atoms with E-state index in [-0.39, 0.29) is 11.7 Å². The van der Waals surface area contributed by atoms with Crippen molar-refractivity contribution >= 4 is 50.9 Å². The molecular weight excluding hydrogens is 640 g/mol. The molecule has 0 saturated heterocycles. The zero-order chi connectivity index (χ0) is 30.0. The third-order valence-corrected chi connectivity index (χ3v) is 8.25. The Balaban J connectivity index is 1.54. The Morgan fingerprint density at radius 2 is 1.90 bits per heavy atom. The van der Waals surface area contributed by atoms with E-state index in [1.165, 1.54) is 11.3 Å². The van der Waals surface area contributed by atoms with Crippen molar-refractivity contribution in [3.63, 3.8) is 0 Å². The number of ether oxygens (including phenoxy) is 3. The van der Waals surface area contributed by atoms with Crippen LogP contribution in [0.2, 0.25) is 5.02 Å². The Morgan fingerprint density at radius 3 is 2.60 bits per heavy atom. The maximum Gasteiger partial charge on any atom is 0.338 e. The molecule has 0 radical (unpaired) electrons. The second-order valence-electron chi connectivity index (χ2n) is 9.91. The summed E-state index contributed by atoms with van der Waals surface area (Å²) >= 11 is 10.9. The van der Waals surface area contributed by atoms with E-state index in [0.717, 1.165) is 15.6 Å². The van der Waals surface area contributed by atoms with Gasteiger partial charge in [0.2, 0.25) is 0 Å². The van der Waals surface area contributed by atoms with E-state index in [9.17, 15) is 9.59 Å². The van der Waals surface area contributed by atoms with Crippen LogP contribution < -0.4 is 24.4 Å². The van der Waals surface area contributed by atoms with E-state index >= 15 is 0 Å². The fraction of sp³-hybridized carbons (Fsp3) is 0.219. The molecule has 216 valence electrons. The molecule has 0 unspecified atom stereocenters. The molecule has 0 amide bonds. The largest absolute Gasteiger partial charge is 0.496 e. The standard InChI is InChI=1S/C32H28BrClN2O5S/c1-18(2)41-31(38)28-19(3)35-32-36(29(28)25-16-22(33)10-13-26(25)39-4)30(37)27(42-32)15-20-8-11-24(12-9-20)40-17-21-6-5-7-23(34)14-21/h5-16,18,29H,17H2,1-4H3/b27-15-/t29-/m0/s1. The molecule has 0 saturated carbocycles. The number of esters is 1. The lowest BCUT2D eigenvalue weighted by Crippen LogP contribution is -2.40. The summed E-state index contributed by atoms with van der Waals surface area (Å²) in [6.07, 6.45) is 1.47. The molecule has 10 heteroatoms. The van der Waals surface area contributed by atoms with Crippen LogP contribution >= 0.6 is 38.9 Å². The first-order valence-electron chi connectivity index (χ1n) is 13.2. The number of hydrogen-bond acceptors (Lipinski definition) is 7. The predicted molar refractivity (Wildman–Crippen MR) is 168 cm³/mol. The van der Waals surface area contributed by atoms with Crippen molar-refractivity contribution in [1.29, 1.82) is 0 Å². The summed E-state index contributed by atoms with van der Waals surface area (Å²) in [5.41, 5.74) is 2.94.